The van der Waals surface area contributed by atoms with Gasteiger partial charge in [0.1, 0.15) is 14.6 Å². The fraction of sp³-hybridized carbons (Fsp3) is 0.133. The second kappa shape index (κ2) is 5.59. The van der Waals surface area contributed by atoms with Crippen LogP contribution in [0.4, 0.5) is 0 Å². The lowest BCUT2D eigenvalue weighted by Gasteiger charge is -2.14. The van der Waals surface area contributed by atoms with Gasteiger partial charge in [-0.05, 0) is 6.92 Å². The fourth-order valence-electron chi connectivity index (χ4n) is 2.09. The van der Waals surface area contributed by atoms with Crippen LogP contribution in [0, 0.1) is 0 Å². The summed E-state index contributed by atoms with van der Waals surface area (Å²) >= 11 is 0. The van der Waals surface area contributed by atoms with Crippen LogP contribution >= 0.6 is 0 Å². The summed E-state index contributed by atoms with van der Waals surface area (Å²) in [5.74, 6) is 0.286. The number of carbonyl (C=O) groups is 1. The quantitative estimate of drug-likeness (QED) is 0.742. The summed E-state index contributed by atoms with van der Waals surface area (Å²) in [6.45, 7) is 1.69. The first kappa shape index (κ1) is 11.8. The van der Waals surface area contributed by atoms with Crippen LogP contribution in [-0.2, 0) is 4.79 Å². The lowest BCUT2D eigenvalue weighted by atomic mass is 10.4. The van der Waals surface area contributed by atoms with Gasteiger partial charge in [-0.25, -0.2) is 0 Å². The third-order valence-corrected chi connectivity index (χ3v) is 6.26. The minimum atomic E-state index is -1.36. The molecule has 0 spiro atoms. The van der Waals surface area contributed by atoms with Crippen LogP contribution in [0.3, 0.4) is 0 Å². The summed E-state index contributed by atoms with van der Waals surface area (Å²) in [7, 11) is -1.36. The number of hydrogen-bond donors (Lipinski definition) is 0. The van der Waals surface area contributed by atoms with E-state index in [-0.39, 0.29) is 5.78 Å². The lowest BCUT2D eigenvalue weighted by Crippen LogP contribution is -2.43. The topological polar surface area (TPSA) is 17.1 Å². The van der Waals surface area contributed by atoms with E-state index in [2.05, 4.69) is 48.5 Å². The summed E-state index contributed by atoms with van der Waals surface area (Å²) < 4.78 is 0. The van der Waals surface area contributed by atoms with Crippen molar-refractivity contribution in [1.29, 1.82) is 0 Å². The van der Waals surface area contributed by atoms with E-state index in [9.17, 15) is 4.79 Å². The predicted octanol–water partition coefficient (Wildman–Crippen LogP) is 1.62. The molecule has 86 valence electrons. The molecule has 1 nitrogen and oxygen atoms in total. The van der Waals surface area contributed by atoms with Crippen LogP contribution in [0.25, 0.3) is 0 Å². The van der Waals surface area contributed by atoms with E-state index in [1.54, 1.807) is 6.92 Å². The van der Waals surface area contributed by atoms with E-state index in [0.29, 0.717) is 6.04 Å². The number of carbonyl (C=O) groups excluding carboxylic acids is 1. The summed E-state index contributed by atoms with van der Waals surface area (Å²) in [6, 6.07) is 21.5. The highest BCUT2D eigenvalue weighted by atomic mass is 28.3. The van der Waals surface area contributed by atoms with E-state index >= 15 is 0 Å². The highest BCUT2D eigenvalue weighted by Gasteiger charge is 2.17. The standard InChI is InChI=1S/C15H16OSi/c1-13(16)12-17(14-8-4-2-5-9-14)15-10-6-3-7-11-15/h2-11,17H,12H2,1H3. The minimum absolute atomic E-state index is 0.286. The molecule has 0 heterocycles. The molecule has 17 heavy (non-hydrogen) atoms. The van der Waals surface area contributed by atoms with Crippen LogP contribution in [0.2, 0.25) is 6.04 Å². The molecular weight excluding hydrogens is 224 g/mol. The SMILES string of the molecule is CC(=O)C[SiH](c1ccccc1)c1ccccc1. The van der Waals surface area contributed by atoms with Crippen molar-refractivity contribution in [2.75, 3.05) is 0 Å². The van der Waals surface area contributed by atoms with Gasteiger partial charge in [-0.2, -0.15) is 0 Å². The van der Waals surface area contributed by atoms with Crippen molar-refractivity contribution in [1.82, 2.24) is 0 Å². The highest BCUT2D eigenvalue weighted by Crippen LogP contribution is 1.98. The van der Waals surface area contributed by atoms with Crippen molar-refractivity contribution in [3.63, 3.8) is 0 Å². The van der Waals surface area contributed by atoms with Gasteiger partial charge in [-0.3, -0.25) is 0 Å². The third-order valence-electron chi connectivity index (χ3n) is 2.90. The molecule has 0 radical (unpaired) electrons. The molecule has 0 aliphatic carbocycles. The summed E-state index contributed by atoms with van der Waals surface area (Å²) in [5.41, 5.74) is 0. The Balaban J connectivity index is 2.36. The van der Waals surface area contributed by atoms with Crippen molar-refractivity contribution in [3.8, 4) is 0 Å². The lowest BCUT2D eigenvalue weighted by molar-refractivity contribution is -0.114. The molecule has 0 unspecified atom stereocenters. The average Bonchev–Trinajstić information content (AvgIpc) is 2.38. The molecule has 0 N–H and O–H groups in total. The second-order valence-electron chi connectivity index (χ2n) is 4.28. The largest absolute Gasteiger partial charge is 0.300 e. The minimum Gasteiger partial charge on any atom is -0.300 e. The molecule has 0 aliphatic rings. The van der Waals surface area contributed by atoms with E-state index in [1.807, 2.05) is 12.1 Å². The van der Waals surface area contributed by atoms with E-state index in [1.165, 1.54) is 10.4 Å². The molecule has 2 heteroatoms. The Morgan fingerprint density at radius 1 is 0.882 bits per heavy atom. The van der Waals surface area contributed by atoms with E-state index in [0.717, 1.165) is 0 Å². The van der Waals surface area contributed by atoms with Crippen LogP contribution < -0.4 is 10.4 Å². The van der Waals surface area contributed by atoms with Crippen molar-refractivity contribution in [2.24, 2.45) is 0 Å². The number of ketones is 1. The van der Waals surface area contributed by atoms with Crippen LogP contribution in [0.1, 0.15) is 6.92 Å². The monoisotopic (exact) mass is 240 g/mol. The molecule has 0 saturated carbocycles. The second-order valence-corrected chi connectivity index (χ2v) is 7.13. The number of rotatable bonds is 4. The molecule has 2 aromatic rings. The molecule has 2 rings (SSSR count). The normalized spacial score (nSPS) is 10.5. The molecule has 0 aromatic heterocycles. The van der Waals surface area contributed by atoms with Gasteiger partial charge in [-0.1, -0.05) is 71.0 Å². The Hall–Kier alpha value is -1.67. The zero-order valence-corrected chi connectivity index (χ0v) is 11.1. The molecule has 0 atom stereocenters. The number of benzene rings is 2. The van der Waals surface area contributed by atoms with Crippen molar-refractivity contribution < 1.29 is 4.79 Å². The summed E-state index contributed by atoms with van der Waals surface area (Å²) in [6.07, 6.45) is 0. The Bertz CT molecular complexity index is 439. The zero-order valence-electron chi connectivity index (χ0n) is 9.97. The first-order valence-corrected chi connectivity index (χ1v) is 7.84. The number of hydrogen-bond acceptors (Lipinski definition) is 1. The van der Waals surface area contributed by atoms with Gasteiger partial charge < -0.3 is 4.79 Å². The summed E-state index contributed by atoms with van der Waals surface area (Å²) in [5, 5.41) is 2.68. The maximum Gasteiger partial charge on any atom is 0.127 e. The van der Waals surface area contributed by atoms with Crippen molar-refractivity contribution >= 4 is 25.0 Å². The maximum atomic E-state index is 11.4. The van der Waals surface area contributed by atoms with Gasteiger partial charge in [0, 0.05) is 6.04 Å². The van der Waals surface area contributed by atoms with Gasteiger partial charge in [-0.15, -0.1) is 0 Å². The maximum absolute atomic E-state index is 11.4. The first-order valence-electron chi connectivity index (χ1n) is 5.86. The number of Topliss-reactive ketones (excluding diaryl/α,β-unsaturated/α-hetero) is 1. The highest BCUT2D eigenvalue weighted by molar-refractivity contribution is 6.87. The molecular formula is C15H16OSi. The zero-order chi connectivity index (χ0) is 12.1. The van der Waals surface area contributed by atoms with Gasteiger partial charge in [0.05, 0.1) is 0 Å². The van der Waals surface area contributed by atoms with Gasteiger partial charge in [0.25, 0.3) is 0 Å². The summed E-state index contributed by atoms with van der Waals surface area (Å²) in [4.78, 5) is 11.4. The van der Waals surface area contributed by atoms with Gasteiger partial charge in [0.2, 0.25) is 0 Å². The Morgan fingerprint density at radius 2 is 1.29 bits per heavy atom. The molecule has 2 aromatic carbocycles. The van der Waals surface area contributed by atoms with Crippen LogP contribution in [0.15, 0.2) is 60.7 Å². The average molecular weight is 240 g/mol. The van der Waals surface area contributed by atoms with Crippen LogP contribution in [-0.4, -0.2) is 14.6 Å². The van der Waals surface area contributed by atoms with E-state index in [4.69, 9.17) is 0 Å². The van der Waals surface area contributed by atoms with E-state index < -0.39 is 8.80 Å². The Morgan fingerprint density at radius 3 is 1.65 bits per heavy atom. The smallest absolute Gasteiger partial charge is 0.127 e. The van der Waals surface area contributed by atoms with Crippen molar-refractivity contribution in [3.05, 3.63) is 60.7 Å². The molecule has 0 fully saturated rings. The van der Waals surface area contributed by atoms with Crippen LogP contribution in [0.5, 0.6) is 0 Å². The Kier molecular flexibility index (Phi) is 3.88. The first-order chi connectivity index (χ1) is 8.27. The Labute approximate surface area is 104 Å². The molecule has 0 saturated heterocycles. The van der Waals surface area contributed by atoms with Crippen molar-refractivity contribution in [2.45, 2.75) is 13.0 Å². The molecule has 0 aliphatic heterocycles. The van der Waals surface area contributed by atoms with Gasteiger partial charge >= 0.3 is 0 Å². The molecule has 0 amide bonds. The molecule has 0 bridgehead atoms. The third kappa shape index (κ3) is 3.14. The predicted molar refractivity (Wildman–Crippen MR) is 74.8 cm³/mol. The fourth-order valence-corrected chi connectivity index (χ4v) is 4.89. The van der Waals surface area contributed by atoms with Gasteiger partial charge in [0.15, 0.2) is 0 Å².